The average molecular weight is 226 g/mol. The Kier molecular flexibility index (Phi) is 12.5. The molecule has 0 saturated carbocycles. The van der Waals surface area contributed by atoms with Crippen LogP contribution in [0.15, 0.2) is 12.7 Å². The highest BCUT2D eigenvalue weighted by molar-refractivity contribution is 4.69. The second-order valence-electron chi connectivity index (χ2n) is 4.78. The van der Waals surface area contributed by atoms with Crippen molar-refractivity contribution in [1.29, 1.82) is 0 Å². The topological polar surface area (TPSA) is 20.2 Å². The Morgan fingerprint density at radius 3 is 2.06 bits per heavy atom. The van der Waals surface area contributed by atoms with E-state index in [1.165, 1.54) is 51.4 Å². The van der Waals surface area contributed by atoms with Crippen molar-refractivity contribution < 1.29 is 5.11 Å². The summed E-state index contributed by atoms with van der Waals surface area (Å²) in [4.78, 5) is 0. The first-order valence-corrected chi connectivity index (χ1v) is 7.10. The van der Waals surface area contributed by atoms with Crippen LogP contribution in [0.25, 0.3) is 0 Å². The maximum atomic E-state index is 9.61. The summed E-state index contributed by atoms with van der Waals surface area (Å²) in [6, 6.07) is 0. The molecule has 0 aromatic carbocycles. The molecule has 0 radical (unpaired) electrons. The average Bonchev–Trinajstić information content (AvgIpc) is 2.30. The van der Waals surface area contributed by atoms with Gasteiger partial charge < -0.3 is 5.11 Å². The van der Waals surface area contributed by atoms with Crippen LogP contribution in [0.5, 0.6) is 0 Å². The molecule has 0 amide bonds. The molecule has 0 aromatic rings. The van der Waals surface area contributed by atoms with Crippen molar-refractivity contribution in [1.82, 2.24) is 0 Å². The smallest absolute Gasteiger partial charge is 0.0543 e. The van der Waals surface area contributed by atoms with Gasteiger partial charge in [-0.05, 0) is 19.3 Å². The minimum Gasteiger partial charge on any atom is -0.393 e. The van der Waals surface area contributed by atoms with E-state index in [1.54, 1.807) is 0 Å². The SMILES string of the molecule is C=CCCC(O)CCCCCCCCCC. The Labute approximate surface area is 102 Å². The van der Waals surface area contributed by atoms with E-state index in [1.807, 2.05) is 6.08 Å². The number of allylic oxidation sites excluding steroid dienone is 1. The first-order valence-electron chi connectivity index (χ1n) is 7.10. The van der Waals surface area contributed by atoms with Crippen molar-refractivity contribution in [3.63, 3.8) is 0 Å². The molecule has 0 fully saturated rings. The van der Waals surface area contributed by atoms with Crippen LogP contribution in [-0.2, 0) is 0 Å². The zero-order valence-corrected chi connectivity index (χ0v) is 11.1. The highest BCUT2D eigenvalue weighted by Gasteiger charge is 2.01. The fourth-order valence-corrected chi connectivity index (χ4v) is 1.97. The van der Waals surface area contributed by atoms with Gasteiger partial charge in [0.1, 0.15) is 0 Å². The molecule has 1 atom stereocenters. The minimum atomic E-state index is -0.0990. The third-order valence-corrected chi connectivity index (χ3v) is 3.09. The summed E-state index contributed by atoms with van der Waals surface area (Å²) in [6.45, 7) is 5.92. The zero-order valence-electron chi connectivity index (χ0n) is 11.1. The Bertz CT molecular complexity index is 142. The van der Waals surface area contributed by atoms with Gasteiger partial charge in [0.05, 0.1) is 6.10 Å². The minimum absolute atomic E-state index is 0.0990. The fraction of sp³-hybridized carbons (Fsp3) is 0.867. The molecule has 1 heteroatoms. The zero-order chi connectivity index (χ0) is 12.1. The Morgan fingerprint density at radius 1 is 0.938 bits per heavy atom. The molecular formula is C15H30O. The third-order valence-electron chi connectivity index (χ3n) is 3.09. The molecule has 1 nitrogen and oxygen atoms in total. The maximum Gasteiger partial charge on any atom is 0.0543 e. The van der Waals surface area contributed by atoms with E-state index in [0.717, 1.165) is 19.3 Å². The maximum absolute atomic E-state index is 9.61. The van der Waals surface area contributed by atoms with Crippen LogP contribution >= 0.6 is 0 Å². The number of hydrogen-bond donors (Lipinski definition) is 1. The molecule has 0 aliphatic heterocycles. The normalized spacial score (nSPS) is 12.6. The van der Waals surface area contributed by atoms with E-state index in [9.17, 15) is 5.11 Å². The molecule has 0 bridgehead atoms. The van der Waals surface area contributed by atoms with Gasteiger partial charge in [-0.2, -0.15) is 0 Å². The summed E-state index contributed by atoms with van der Waals surface area (Å²) >= 11 is 0. The standard InChI is InChI=1S/C15H30O/c1-3-5-7-8-9-10-11-12-14-15(16)13-6-4-2/h4,15-16H,2-3,5-14H2,1H3. The monoisotopic (exact) mass is 226 g/mol. The molecule has 0 spiro atoms. The van der Waals surface area contributed by atoms with Crippen LogP contribution in [0.1, 0.15) is 77.6 Å². The van der Waals surface area contributed by atoms with Gasteiger partial charge in [-0.3, -0.25) is 0 Å². The third kappa shape index (κ3) is 11.8. The lowest BCUT2D eigenvalue weighted by molar-refractivity contribution is 0.152. The highest BCUT2D eigenvalue weighted by atomic mass is 16.3. The number of aliphatic hydroxyl groups is 1. The van der Waals surface area contributed by atoms with Crippen molar-refractivity contribution in [3.8, 4) is 0 Å². The largest absolute Gasteiger partial charge is 0.393 e. The van der Waals surface area contributed by atoms with Crippen LogP contribution in [-0.4, -0.2) is 11.2 Å². The van der Waals surface area contributed by atoms with Crippen LogP contribution in [0, 0.1) is 0 Å². The quantitative estimate of drug-likeness (QED) is 0.373. The second kappa shape index (κ2) is 12.8. The van der Waals surface area contributed by atoms with E-state index < -0.39 is 0 Å². The van der Waals surface area contributed by atoms with Crippen LogP contribution in [0.2, 0.25) is 0 Å². The molecular weight excluding hydrogens is 196 g/mol. The van der Waals surface area contributed by atoms with E-state index in [4.69, 9.17) is 0 Å². The van der Waals surface area contributed by atoms with Crippen LogP contribution in [0.4, 0.5) is 0 Å². The fourth-order valence-electron chi connectivity index (χ4n) is 1.97. The number of aliphatic hydroxyl groups excluding tert-OH is 1. The molecule has 0 saturated heterocycles. The van der Waals surface area contributed by atoms with Crippen LogP contribution in [0.3, 0.4) is 0 Å². The molecule has 1 N–H and O–H groups in total. The lowest BCUT2D eigenvalue weighted by atomic mass is 10.0. The summed E-state index contributed by atoms with van der Waals surface area (Å²) in [5.41, 5.74) is 0. The van der Waals surface area contributed by atoms with Gasteiger partial charge >= 0.3 is 0 Å². The summed E-state index contributed by atoms with van der Waals surface area (Å²) in [5, 5.41) is 9.61. The van der Waals surface area contributed by atoms with E-state index in [2.05, 4.69) is 13.5 Å². The Morgan fingerprint density at radius 2 is 1.50 bits per heavy atom. The molecule has 0 heterocycles. The first-order chi connectivity index (χ1) is 7.81. The van der Waals surface area contributed by atoms with Gasteiger partial charge in [-0.15, -0.1) is 6.58 Å². The molecule has 1 unspecified atom stereocenters. The summed E-state index contributed by atoms with van der Waals surface area (Å²) in [7, 11) is 0. The van der Waals surface area contributed by atoms with Crippen molar-refractivity contribution in [3.05, 3.63) is 12.7 Å². The lowest BCUT2D eigenvalue weighted by Gasteiger charge is -2.08. The highest BCUT2D eigenvalue weighted by Crippen LogP contribution is 2.12. The van der Waals surface area contributed by atoms with Crippen molar-refractivity contribution >= 4 is 0 Å². The van der Waals surface area contributed by atoms with E-state index in [-0.39, 0.29) is 6.10 Å². The number of unbranched alkanes of at least 4 members (excludes halogenated alkanes) is 7. The second-order valence-corrected chi connectivity index (χ2v) is 4.78. The predicted molar refractivity (Wildman–Crippen MR) is 72.7 cm³/mol. The van der Waals surface area contributed by atoms with Gasteiger partial charge in [0.25, 0.3) is 0 Å². The summed E-state index contributed by atoms with van der Waals surface area (Å²) in [5.74, 6) is 0. The molecule has 0 aromatic heterocycles. The van der Waals surface area contributed by atoms with E-state index in [0.29, 0.717) is 0 Å². The molecule has 0 aliphatic rings. The van der Waals surface area contributed by atoms with Gasteiger partial charge in [0.15, 0.2) is 0 Å². The summed E-state index contributed by atoms with van der Waals surface area (Å²) < 4.78 is 0. The first kappa shape index (κ1) is 15.7. The predicted octanol–water partition coefficient (Wildman–Crippen LogP) is 4.84. The van der Waals surface area contributed by atoms with Crippen LogP contribution < -0.4 is 0 Å². The van der Waals surface area contributed by atoms with Crippen molar-refractivity contribution in [2.24, 2.45) is 0 Å². The van der Waals surface area contributed by atoms with Crippen molar-refractivity contribution in [2.45, 2.75) is 83.7 Å². The molecule has 0 aliphatic carbocycles. The van der Waals surface area contributed by atoms with Gasteiger partial charge in [-0.25, -0.2) is 0 Å². The van der Waals surface area contributed by atoms with Gasteiger partial charge in [0, 0.05) is 0 Å². The Hall–Kier alpha value is -0.300. The van der Waals surface area contributed by atoms with Gasteiger partial charge in [0.2, 0.25) is 0 Å². The van der Waals surface area contributed by atoms with Crippen molar-refractivity contribution in [2.75, 3.05) is 0 Å². The lowest BCUT2D eigenvalue weighted by Crippen LogP contribution is -2.05. The van der Waals surface area contributed by atoms with E-state index >= 15 is 0 Å². The molecule has 96 valence electrons. The molecule has 0 rings (SSSR count). The Balaban J connectivity index is 3.05. The van der Waals surface area contributed by atoms with Gasteiger partial charge in [-0.1, -0.05) is 64.4 Å². The number of hydrogen-bond acceptors (Lipinski definition) is 1. The number of rotatable bonds is 12. The summed E-state index contributed by atoms with van der Waals surface area (Å²) in [6.07, 6.45) is 15.3. The molecule has 16 heavy (non-hydrogen) atoms.